The van der Waals surface area contributed by atoms with E-state index in [1.165, 1.54) is 20.9 Å². The molecule has 1 aromatic carbocycles. The standard InChI is InChI=1S/C23H27N3O3S/c1-14-4-5-17-18(11-24)23(30-21(17)8-14)25-22(27)13-26-7-6-15-9-19(28-2)20(29-3)10-16(15)12-26/h9-10,14H,4-8,12-13H2,1-3H3,(H,25,27)/p+1/t14-/m1/s1. The summed E-state index contributed by atoms with van der Waals surface area (Å²) in [7, 11) is 3.28. The van der Waals surface area contributed by atoms with Crippen LogP contribution in [-0.4, -0.2) is 33.2 Å². The minimum absolute atomic E-state index is 0.0305. The normalized spacial score (nSPS) is 19.9. The first kappa shape index (κ1) is 20.7. The molecule has 4 rings (SSSR count). The van der Waals surface area contributed by atoms with Gasteiger partial charge in [0, 0.05) is 16.9 Å². The van der Waals surface area contributed by atoms with Gasteiger partial charge >= 0.3 is 0 Å². The van der Waals surface area contributed by atoms with Crippen LogP contribution in [-0.2, 0) is 30.6 Å². The lowest BCUT2D eigenvalue weighted by Crippen LogP contribution is -3.12. The van der Waals surface area contributed by atoms with Gasteiger partial charge in [-0.2, -0.15) is 5.26 Å². The average molecular weight is 427 g/mol. The molecule has 6 nitrogen and oxygen atoms in total. The molecule has 0 radical (unpaired) electrons. The van der Waals surface area contributed by atoms with Gasteiger partial charge in [0.15, 0.2) is 18.0 Å². The number of thiophene rings is 1. The summed E-state index contributed by atoms with van der Waals surface area (Å²) in [5.74, 6) is 2.08. The molecule has 2 heterocycles. The number of quaternary nitrogens is 1. The van der Waals surface area contributed by atoms with E-state index in [9.17, 15) is 10.1 Å². The van der Waals surface area contributed by atoms with Gasteiger partial charge in [-0.25, -0.2) is 0 Å². The van der Waals surface area contributed by atoms with Crippen LogP contribution < -0.4 is 19.7 Å². The van der Waals surface area contributed by atoms with Crippen molar-refractivity contribution in [1.29, 1.82) is 5.26 Å². The number of hydrogen-bond acceptors (Lipinski definition) is 5. The summed E-state index contributed by atoms with van der Waals surface area (Å²) in [6, 6.07) is 6.39. The van der Waals surface area contributed by atoms with Crippen LogP contribution >= 0.6 is 11.3 Å². The van der Waals surface area contributed by atoms with Gasteiger partial charge in [0.2, 0.25) is 0 Å². The highest BCUT2D eigenvalue weighted by Crippen LogP contribution is 2.39. The molecular weight excluding hydrogens is 398 g/mol. The van der Waals surface area contributed by atoms with Crippen LogP contribution in [0.4, 0.5) is 5.00 Å². The molecule has 30 heavy (non-hydrogen) atoms. The van der Waals surface area contributed by atoms with Crippen LogP contribution in [0.2, 0.25) is 0 Å². The number of nitriles is 1. The first-order valence-electron chi connectivity index (χ1n) is 10.4. The Balaban J connectivity index is 1.44. The van der Waals surface area contributed by atoms with Crippen molar-refractivity contribution in [1.82, 2.24) is 0 Å². The van der Waals surface area contributed by atoms with Crippen LogP contribution in [0.1, 0.15) is 40.5 Å². The van der Waals surface area contributed by atoms with E-state index in [0.717, 1.165) is 60.8 Å². The van der Waals surface area contributed by atoms with Crippen molar-refractivity contribution >= 4 is 22.2 Å². The fourth-order valence-corrected chi connectivity index (χ4v) is 5.91. The second-order valence-electron chi connectivity index (χ2n) is 8.30. The second-order valence-corrected chi connectivity index (χ2v) is 9.40. The molecule has 2 atom stereocenters. The lowest BCUT2D eigenvalue weighted by Gasteiger charge is -2.26. The quantitative estimate of drug-likeness (QED) is 0.770. The molecule has 2 N–H and O–H groups in total. The summed E-state index contributed by atoms with van der Waals surface area (Å²) in [6.07, 6.45) is 3.94. The zero-order chi connectivity index (χ0) is 21.3. The highest BCUT2D eigenvalue weighted by Gasteiger charge is 2.27. The zero-order valence-electron chi connectivity index (χ0n) is 17.8. The number of amides is 1. The van der Waals surface area contributed by atoms with E-state index in [2.05, 4.69) is 18.3 Å². The molecule has 1 aliphatic heterocycles. The van der Waals surface area contributed by atoms with Crippen LogP contribution in [0.3, 0.4) is 0 Å². The van der Waals surface area contributed by atoms with Gasteiger partial charge in [0.1, 0.15) is 17.6 Å². The number of carbonyl (C=O) groups excluding carboxylic acids is 1. The number of nitrogens with one attached hydrogen (secondary N) is 2. The second kappa shape index (κ2) is 8.66. The lowest BCUT2D eigenvalue weighted by atomic mass is 9.89. The van der Waals surface area contributed by atoms with E-state index >= 15 is 0 Å². The van der Waals surface area contributed by atoms with Crippen molar-refractivity contribution in [2.75, 3.05) is 32.6 Å². The van der Waals surface area contributed by atoms with Crippen molar-refractivity contribution in [2.24, 2.45) is 5.92 Å². The fourth-order valence-electron chi connectivity index (χ4n) is 4.54. The Bertz CT molecular complexity index is 1010. The van der Waals surface area contributed by atoms with E-state index in [-0.39, 0.29) is 5.91 Å². The summed E-state index contributed by atoms with van der Waals surface area (Å²) in [4.78, 5) is 15.3. The molecule has 0 fully saturated rings. The van der Waals surface area contributed by atoms with Crippen molar-refractivity contribution in [2.45, 2.75) is 39.2 Å². The van der Waals surface area contributed by atoms with E-state index in [0.29, 0.717) is 18.0 Å². The number of anilines is 1. The van der Waals surface area contributed by atoms with Crippen molar-refractivity contribution in [3.8, 4) is 17.6 Å². The highest BCUT2D eigenvalue weighted by molar-refractivity contribution is 7.16. The molecule has 1 unspecified atom stereocenters. The van der Waals surface area contributed by atoms with E-state index in [4.69, 9.17) is 9.47 Å². The number of methoxy groups -OCH3 is 2. The van der Waals surface area contributed by atoms with Gasteiger partial charge in [-0.1, -0.05) is 6.92 Å². The van der Waals surface area contributed by atoms with Gasteiger partial charge in [0.25, 0.3) is 5.91 Å². The smallest absolute Gasteiger partial charge is 0.280 e. The first-order chi connectivity index (χ1) is 14.5. The molecular formula is C23H28N3O3S+. The summed E-state index contributed by atoms with van der Waals surface area (Å²) in [5.41, 5.74) is 4.27. The lowest BCUT2D eigenvalue weighted by molar-refractivity contribution is -0.907. The van der Waals surface area contributed by atoms with Gasteiger partial charge in [-0.3, -0.25) is 4.79 Å². The van der Waals surface area contributed by atoms with E-state index in [1.54, 1.807) is 25.6 Å². The molecule has 0 spiro atoms. The maximum absolute atomic E-state index is 12.8. The Morgan fingerprint density at radius 3 is 2.70 bits per heavy atom. The topological polar surface area (TPSA) is 75.8 Å². The minimum atomic E-state index is -0.0305. The Morgan fingerprint density at radius 2 is 2.00 bits per heavy atom. The Hall–Kier alpha value is -2.56. The van der Waals surface area contributed by atoms with Crippen molar-refractivity contribution in [3.05, 3.63) is 39.3 Å². The number of nitrogens with zero attached hydrogens (tertiary/aromatic N) is 1. The minimum Gasteiger partial charge on any atom is -0.493 e. The molecule has 0 saturated heterocycles. The van der Waals surface area contributed by atoms with Crippen molar-refractivity contribution in [3.63, 3.8) is 0 Å². The largest absolute Gasteiger partial charge is 0.493 e. The fraction of sp³-hybridized carbons (Fsp3) is 0.478. The van der Waals surface area contributed by atoms with Gasteiger partial charge in [-0.05, 0) is 48.4 Å². The molecule has 1 aliphatic carbocycles. The number of rotatable bonds is 5. The number of carbonyl (C=O) groups is 1. The van der Waals surface area contributed by atoms with Crippen LogP contribution in [0.5, 0.6) is 11.5 Å². The summed E-state index contributed by atoms with van der Waals surface area (Å²) in [6.45, 7) is 4.29. The maximum Gasteiger partial charge on any atom is 0.280 e. The predicted octanol–water partition coefficient (Wildman–Crippen LogP) is 2.34. The van der Waals surface area contributed by atoms with Gasteiger partial charge < -0.3 is 19.7 Å². The zero-order valence-corrected chi connectivity index (χ0v) is 18.6. The van der Waals surface area contributed by atoms with Crippen molar-refractivity contribution < 1.29 is 19.2 Å². The third-order valence-electron chi connectivity index (χ3n) is 6.18. The summed E-state index contributed by atoms with van der Waals surface area (Å²) < 4.78 is 10.8. The Morgan fingerprint density at radius 1 is 1.27 bits per heavy atom. The molecule has 1 amide bonds. The monoisotopic (exact) mass is 426 g/mol. The molecule has 2 aliphatic rings. The van der Waals surface area contributed by atoms with E-state index < -0.39 is 0 Å². The number of fused-ring (bicyclic) bond motifs is 2. The molecule has 0 bridgehead atoms. The Kier molecular flexibility index (Phi) is 5.98. The number of benzene rings is 1. The number of hydrogen-bond donors (Lipinski definition) is 2. The van der Waals surface area contributed by atoms with Gasteiger partial charge in [-0.15, -0.1) is 11.3 Å². The summed E-state index contributed by atoms with van der Waals surface area (Å²) >= 11 is 1.58. The molecule has 7 heteroatoms. The average Bonchev–Trinajstić information content (AvgIpc) is 3.08. The first-order valence-corrected chi connectivity index (χ1v) is 11.3. The molecule has 158 valence electrons. The van der Waals surface area contributed by atoms with E-state index in [1.807, 2.05) is 12.1 Å². The highest BCUT2D eigenvalue weighted by atomic mass is 32.1. The summed E-state index contributed by atoms with van der Waals surface area (Å²) in [5, 5.41) is 13.4. The molecule has 0 saturated carbocycles. The number of ether oxygens (including phenoxy) is 2. The van der Waals surface area contributed by atoms with Crippen LogP contribution in [0.15, 0.2) is 12.1 Å². The molecule has 1 aromatic heterocycles. The van der Waals surface area contributed by atoms with Gasteiger partial charge in [0.05, 0.1) is 26.3 Å². The Labute approximate surface area is 181 Å². The van der Waals surface area contributed by atoms with Crippen LogP contribution in [0, 0.1) is 17.2 Å². The third kappa shape index (κ3) is 4.03. The molecule has 2 aromatic rings. The maximum atomic E-state index is 12.8. The predicted molar refractivity (Wildman–Crippen MR) is 117 cm³/mol. The third-order valence-corrected chi connectivity index (χ3v) is 7.35. The van der Waals surface area contributed by atoms with Crippen LogP contribution in [0.25, 0.3) is 0 Å². The SMILES string of the molecule is COc1cc2c(cc1OC)C[NH+](CC(=O)Nc1sc3c(c1C#N)CC[C@@H](C)C3)CC2.